The third kappa shape index (κ3) is 1.60. The summed E-state index contributed by atoms with van der Waals surface area (Å²) in [6.45, 7) is 4.51. The summed E-state index contributed by atoms with van der Waals surface area (Å²) in [7, 11) is 2.11. The standard InChI is InChI=1S/C19H18BrNO/c1-18(2)15-6-4-5-7-16(15)21(3)19(18)11-10-13-12-14(20)8-9-17(13)22-19/h4-12H,1-3H3/t19-/m1/s1. The predicted molar refractivity (Wildman–Crippen MR) is 94.4 cm³/mol. The van der Waals surface area contributed by atoms with E-state index in [-0.39, 0.29) is 5.41 Å². The van der Waals surface area contributed by atoms with Crippen LogP contribution in [0.1, 0.15) is 25.0 Å². The van der Waals surface area contributed by atoms with Gasteiger partial charge in [0.1, 0.15) is 5.75 Å². The van der Waals surface area contributed by atoms with Crippen LogP contribution in [0.25, 0.3) is 6.08 Å². The van der Waals surface area contributed by atoms with Crippen LogP contribution < -0.4 is 9.64 Å². The van der Waals surface area contributed by atoms with Gasteiger partial charge in [0.05, 0.1) is 5.41 Å². The summed E-state index contributed by atoms with van der Waals surface area (Å²) in [5.41, 5.74) is 3.04. The Balaban J connectivity index is 1.89. The average molecular weight is 356 g/mol. The van der Waals surface area contributed by atoms with Crippen LogP contribution in [-0.2, 0) is 5.41 Å². The first-order valence-corrected chi connectivity index (χ1v) is 8.26. The monoisotopic (exact) mass is 355 g/mol. The number of hydrogen-bond donors (Lipinski definition) is 0. The molecule has 4 rings (SSSR count). The van der Waals surface area contributed by atoms with E-state index in [2.05, 4.69) is 84.2 Å². The fraction of sp³-hybridized carbons (Fsp3) is 0.263. The Morgan fingerprint density at radius 1 is 1.09 bits per heavy atom. The van der Waals surface area contributed by atoms with Crippen molar-refractivity contribution >= 4 is 27.7 Å². The molecule has 2 aliphatic heterocycles. The maximum atomic E-state index is 6.56. The second kappa shape index (κ2) is 4.39. The summed E-state index contributed by atoms with van der Waals surface area (Å²) >= 11 is 3.52. The Hall–Kier alpha value is -1.74. The first kappa shape index (κ1) is 13.9. The first-order chi connectivity index (χ1) is 10.5. The second-order valence-electron chi connectivity index (χ2n) is 6.52. The number of benzene rings is 2. The molecular weight excluding hydrogens is 338 g/mol. The third-order valence-electron chi connectivity index (χ3n) is 5.06. The highest BCUT2D eigenvalue weighted by Crippen LogP contribution is 2.54. The van der Waals surface area contributed by atoms with Crippen LogP contribution in [0, 0.1) is 0 Å². The molecule has 0 N–H and O–H groups in total. The summed E-state index contributed by atoms with van der Waals surface area (Å²) in [5.74, 6) is 0.929. The van der Waals surface area contributed by atoms with Crippen molar-refractivity contribution in [2.24, 2.45) is 0 Å². The number of anilines is 1. The van der Waals surface area contributed by atoms with Gasteiger partial charge in [-0.05, 0) is 55.8 Å². The lowest BCUT2D eigenvalue weighted by Crippen LogP contribution is -2.58. The molecule has 3 heteroatoms. The van der Waals surface area contributed by atoms with Gasteiger partial charge in [-0.1, -0.05) is 34.1 Å². The smallest absolute Gasteiger partial charge is 0.211 e. The van der Waals surface area contributed by atoms with Gasteiger partial charge in [-0.3, -0.25) is 0 Å². The maximum Gasteiger partial charge on any atom is 0.211 e. The van der Waals surface area contributed by atoms with Crippen molar-refractivity contribution in [3.8, 4) is 5.75 Å². The summed E-state index contributed by atoms with van der Waals surface area (Å²) in [6.07, 6.45) is 4.37. The molecule has 0 unspecified atom stereocenters. The number of para-hydroxylation sites is 1. The molecule has 0 fully saturated rings. The normalized spacial score (nSPS) is 24.1. The fourth-order valence-corrected chi connectivity index (χ4v) is 4.13. The summed E-state index contributed by atoms with van der Waals surface area (Å²) in [5, 5.41) is 0. The van der Waals surface area contributed by atoms with Crippen molar-refractivity contribution in [1.29, 1.82) is 0 Å². The lowest BCUT2D eigenvalue weighted by molar-refractivity contribution is 0.0581. The zero-order valence-corrected chi connectivity index (χ0v) is 14.5. The van der Waals surface area contributed by atoms with E-state index in [0.29, 0.717) is 0 Å². The maximum absolute atomic E-state index is 6.56. The zero-order chi connectivity index (χ0) is 15.5. The van der Waals surface area contributed by atoms with Crippen LogP contribution in [0.5, 0.6) is 5.75 Å². The largest absolute Gasteiger partial charge is 0.463 e. The molecule has 1 atom stereocenters. The number of ether oxygens (including phenoxy) is 1. The quantitative estimate of drug-likeness (QED) is 0.660. The molecule has 2 aromatic carbocycles. The van der Waals surface area contributed by atoms with Crippen molar-refractivity contribution in [3.05, 3.63) is 64.1 Å². The molecule has 0 aromatic heterocycles. The predicted octanol–water partition coefficient (Wildman–Crippen LogP) is 4.98. The van der Waals surface area contributed by atoms with Gasteiger partial charge in [-0.15, -0.1) is 0 Å². The Morgan fingerprint density at radius 3 is 2.64 bits per heavy atom. The van der Waals surface area contributed by atoms with E-state index in [4.69, 9.17) is 4.74 Å². The van der Waals surface area contributed by atoms with E-state index in [1.165, 1.54) is 11.3 Å². The van der Waals surface area contributed by atoms with Gasteiger partial charge in [0.2, 0.25) is 5.72 Å². The zero-order valence-electron chi connectivity index (χ0n) is 12.9. The minimum Gasteiger partial charge on any atom is -0.463 e. The number of fused-ring (bicyclic) bond motifs is 2. The van der Waals surface area contributed by atoms with Crippen LogP contribution in [0.3, 0.4) is 0 Å². The van der Waals surface area contributed by atoms with E-state index >= 15 is 0 Å². The highest BCUT2D eigenvalue weighted by molar-refractivity contribution is 9.10. The van der Waals surface area contributed by atoms with Crippen LogP contribution in [0.4, 0.5) is 5.69 Å². The van der Waals surface area contributed by atoms with Crippen LogP contribution >= 0.6 is 15.9 Å². The molecule has 112 valence electrons. The van der Waals surface area contributed by atoms with E-state index in [9.17, 15) is 0 Å². The third-order valence-corrected chi connectivity index (χ3v) is 5.55. The SMILES string of the molecule is CN1c2ccccc2C(C)(C)[C@]12C=Cc1cc(Br)ccc1O2. The fourth-order valence-electron chi connectivity index (χ4n) is 3.75. The van der Waals surface area contributed by atoms with Gasteiger partial charge in [0, 0.05) is 22.8 Å². The van der Waals surface area contributed by atoms with Gasteiger partial charge < -0.3 is 9.64 Å². The lowest BCUT2D eigenvalue weighted by Gasteiger charge is -2.45. The molecule has 0 aliphatic carbocycles. The highest BCUT2D eigenvalue weighted by Gasteiger charge is 2.57. The van der Waals surface area contributed by atoms with Crippen molar-refractivity contribution in [2.75, 3.05) is 11.9 Å². The topological polar surface area (TPSA) is 12.5 Å². The minimum absolute atomic E-state index is 0.139. The van der Waals surface area contributed by atoms with Crippen molar-refractivity contribution in [3.63, 3.8) is 0 Å². The molecule has 0 radical (unpaired) electrons. The molecule has 0 saturated carbocycles. The first-order valence-electron chi connectivity index (χ1n) is 7.47. The van der Waals surface area contributed by atoms with Gasteiger partial charge in [0.15, 0.2) is 0 Å². The van der Waals surface area contributed by atoms with Crippen molar-refractivity contribution in [1.82, 2.24) is 0 Å². The number of hydrogen-bond acceptors (Lipinski definition) is 2. The summed E-state index contributed by atoms with van der Waals surface area (Å²) < 4.78 is 7.63. The van der Waals surface area contributed by atoms with Crippen LogP contribution in [-0.4, -0.2) is 12.8 Å². The second-order valence-corrected chi connectivity index (χ2v) is 7.43. The Labute approximate surface area is 139 Å². The van der Waals surface area contributed by atoms with Gasteiger partial charge >= 0.3 is 0 Å². The molecular formula is C19H18BrNO. The Morgan fingerprint density at radius 2 is 1.86 bits per heavy atom. The van der Waals surface area contributed by atoms with Crippen molar-refractivity contribution in [2.45, 2.75) is 25.0 Å². The van der Waals surface area contributed by atoms with E-state index in [1.807, 2.05) is 12.1 Å². The average Bonchev–Trinajstić information content (AvgIpc) is 2.67. The molecule has 2 aliphatic rings. The molecule has 22 heavy (non-hydrogen) atoms. The number of rotatable bonds is 0. The molecule has 0 bridgehead atoms. The molecule has 0 amide bonds. The molecule has 1 spiro atoms. The summed E-state index contributed by atoms with van der Waals surface area (Å²) in [4.78, 5) is 2.25. The molecule has 2 nitrogen and oxygen atoms in total. The van der Waals surface area contributed by atoms with Gasteiger partial charge in [0.25, 0.3) is 0 Å². The molecule has 2 aromatic rings. The highest BCUT2D eigenvalue weighted by atomic mass is 79.9. The van der Waals surface area contributed by atoms with Crippen molar-refractivity contribution < 1.29 is 4.74 Å². The Bertz CT molecular complexity index is 796. The van der Waals surface area contributed by atoms with Crippen LogP contribution in [0.2, 0.25) is 0 Å². The number of nitrogens with zero attached hydrogens (tertiary/aromatic N) is 1. The van der Waals surface area contributed by atoms with E-state index in [0.717, 1.165) is 15.8 Å². The summed E-state index contributed by atoms with van der Waals surface area (Å²) in [6, 6.07) is 14.7. The lowest BCUT2D eigenvalue weighted by atomic mass is 9.76. The van der Waals surface area contributed by atoms with Crippen LogP contribution in [0.15, 0.2) is 53.0 Å². The minimum atomic E-state index is -0.489. The van der Waals surface area contributed by atoms with Gasteiger partial charge in [-0.2, -0.15) is 0 Å². The number of halogens is 1. The van der Waals surface area contributed by atoms with E-state index in [1.54, 1.807) is 0 Å². The molecule has 0 saturated heterocycles. The number of likely N-dealkylation sites (N-methyl/N-ethyl adjacent to an activating group) is 1. The van der Waals surface area contributed by atoms with E-state index < -0.39 is 5.72 Å². The van der Waals surface area contributed by atoms with Gasteiger partial charge in [-0.25, -0.2) is 0 Å². The molecule has 2 heterocycles. The Kier molecular flexibility index (Phi) is 2.77.